The average Bonchev–Trinajstić information content (AvgIpc) is 3.43. The van der Waals surface area contributed by atoms with E-state index < -0.39 is 7.81 Å². The maximum atomic E-state index is 9.87. The molecule has 0 unspecified atom stereocenters. The minimum absolute atomic E-state index is 0. The van der Waals surface area contributed by atoms with E-state index in [4.69, 9.17) is 4.98 Å². The Kier molecular flexibility index (Phi) is 11.4. The minimum atomic E-state index is -10.7. The summed E-state index contributed by atoms with van der Waals surface area (Å²) in [6.07, 6.45) is 8.60. The Balaban J connectivity index is 0.000000242. The smallest absolute Gasteiger partial charge is 0.295 e. The van der Waals surface area contributed by atoms with E-state index in [1.807, 2.05) is 48.7 Å². The topological polar surface area (TPSA) is 32.3 Å². The fourth-order valence-corrected chi connectivity index (χ4v) is 4.45. The monoisotopic (exact) mass is 824 g/mol. The van der Waals surface area contributed by atoms with Crippen LogP contribution in [-0.4, -0.2) is 32.9 Å². The van der Waals surface area contributed by atoms with E-state index in [2.05, 4.69) is 96.2 Å². The normalized spacial score (nSPS) is 14.0. The molecule has 12 heteroatoms. The third-order valence-corrected chi connectivity index (χ3v) is 6.31. The first kappa shape index (κ1) is 36.0. The first-order chi connectivity index (χ1) is 20.7. The minimum Gasteiger partial charge on any atom is -0.295 e. The predicted octanol–water partition coefficient (Wildman–Crippen LogP) is 11.3. The molecule has 0 radical (unpaired) electrons. The Morgan fingerprint density at radius 3 is 1.76 bits per heavy atom. The van der Waals surface area contributed by atoms with Crippen LogP contribution in [0.3, 0.4) is 0 Å². The number of fused-ring (bicyclic) bond motifs is 2. The molecule has 0 aliphatic carbocycles. The summed E-state index contributed by atoms with van der Waals surface area (Å²) < 4.78 is 59.2. The fourth-order valence-electron chi connectivity index (χ4n) is 4.45. The van der Waals surface area contributed by atoms with Crippen LogP contribution in [0.25, 0.3) is 44.2 Å². The number of hydrogen-bond donors (Lipinski definition) is 0. The first-order valence-corrected chi connectivity index (χ1v) is 16.1. The standard InChI is InChI=1S/C24H15N2.C9H17N2.F6P.Pt/c1-2-7-18-14-20(13-12-17(18)6-1)22-10-5-11-23(26-22)24-15-19-8-3-4-9-21(19)16-25-24;1-3-5-10-7-8-11(9-10)6-4-2;1-7(2,3,4,5)6;/h1-12,14-16H;7-9H,3-6H2,1-2H3;;/q3*-1;+4. The van der Waals surface area contributed by atoms with Crippen LogP contribution in [0, 0.1) is 12.7 Å². The van der Waals surface area contributed by atoms with E-state index in [1.165, 1.54) is 29.0 Å². The van der Waals surface area contributed by atoms with Crippen LogP contribution in [0.5, 0.6) is 0 Å². The van der Waals surface area contributed by atoms with Gasteiger partial charge in [0.2, 0.25) is 0 Å². The molecule has 5 aromatic rings. The number of benzene rings is 3. The summed E-state index contributed by atoms with van der Waals surface area (Å²) in [5.74, 6) is 0. The van der Waals surface area contributed by atoms with Crippen molar-refractivity contribution in [2.45, 2.75) is 26.7 Å². The molecule has 0 atom stereocenters. The summed E-state index contributed by atoms with van der Waals surface area (Å²) >= 11 is 0. The molecule has 4 nitrogen and oxygen atoms in total. The summed E-state index contributed by atoms with van der Waals surface area (Å²) in [6, 6.07) is 32.2. The van der Waals surface area contributed by atoms with Crippen LogP contribution in [0.2, 0.25) is 0 Å². The molecule has 3 aromatic carbocycles. The second kappa shape index (κ2) is 14.3. The first-order valence-electron chi connectivity index (χ1n) is 14.0. The largest absolute Gasteiger partial charge is 4.00 e. The SMILES string of the molecule is CCCN1C=CN(CCC)[CH-]1.F[P-](F)(F)(F)(F)F.[Pt+4].[c-]1cc2ccccc2cc1-c1cccc(-c2cc3ccccc3cn2)n1. The third-order valence-electron chi connectivity index (χ3n) is 6.31. The van der Waals surface area contributed by atoms with Gasteiger partial charge in [-0.2, -0.15) is 6.67 Å². The Labute approximate surface area is 273 Å². The van der Waals surface area contributed by atoms with Crippen molar-refractivity contribution in [3.05, 3.63) is 116 Å². The third kappa shape index (κ3) is 12.4. The number of aromatic nitrogens is 2. The van der Waals surface area contributed by atoms with Gasteiger partial charge in [-0.1, -0.05) is 79.9 Å². The van der Waals surface area contributed by atoms with Gasteiger partial charge in [0.1, 0.15) is 0 Å². The summed E-state index contributed by atoms with van der Waals surface area (Å²) in [6.45, 7) is 8.84. The van der Waals surface area contributed by atoms with Gasteiger partial charge in [-0.05, 0) is 61.5 Å². The van der Waals surface area contributed by atoms with Gasteiger partial charge in [0.25, 0.3) is 0 Å². The molecule has 2 aromatic heterocycles. The molecule has 0 amide bonds. The van der Waals surface area contributed by atoms with Gasteiger partial charge in [-0.15, -0.1) is 29.1 Å². The molecule has 240 valence electrons. The average molecular weight is 825 g/mol. The zero-order valence-electron chi connectivity index (χ0n) is 24.5. The number of rotatable bonds is 6. The number of pyridine rings is 2. The van der Waals surface area contributed by atoms with Crippen molar-refractivity contribution in [1.29, 1.82) is 0 Å². The van der Waals surface area contributed by atoms with Crippen LogP contribution in [-0.2, 0) is 21.1 Å². The van der Waals surface area contributed by atoms with E-state index >= 15 is 0 Å². The zero-order chi connectivity index (χ0) is 31.9. The van der Waals surface area contributed by atoms with E-state index in [1.54, 1.807) is 0 Å². The maximum absolute atomic E-state index is 10.7. The van der Waals surface area contributed by atoms with Crippen molar-refractivity contribution in [3.63, 3.8) is 0 Å². The zero-order valence-corrected chi connectivity index (χ0v) is 27.7. The number of hydrogen-bond acceptors (Lipinski definition) is 4. The summed E-state index contributed by atoms with van der Waals surface area (Å²) in [4.78, 5) is 13.9. The van der Waals surface area contributed by atoms with Gasteiger partial charge in [-0.3, -0.25) is 9.97 Å². The molecule has 0 bridgehead atoms. The summed E-state index contributed by atoms with van der Waals surface area (Å²) in [5, 5.41) is 4.68. The Hall–Kier alpha value is -3.48. The van der Waals surface area contributed by atoms with Gasteiger partial charge in [0.15, 0.2) is 0 Å². The van der Waals surface area contributed by atoms with E-state index in [-0.39, 0.29) is 21.1 Å². The second-order valence-corrected chi connectivity index (χ2v) is 12.1. The van der Waals surface area contributed by atoms with Crippen molar-refractivity contribution in [2.24, 2.45) is 0 Å². The van der Waals surface area contributed by atoms with Crippen LogP contribution in [0.15, 0.2) is 104 Å². The van der Waals surface area contributed by atoms with Gasteiger partial charge in [0, 0.05) is 11.6 Å². The van der Waals surface area contributed by atoms with E-state index in [9.17, 15) is 25.2 Å². The van der Waals surface area contributed by atoms with Crippen molar-refractivity contribution in [3.8, 4) is 22.6 Å². The van der Waals surface area contributed by atoms with Crippen molar-refractivity contribution in [2.75, 3.05) is 13.1 Å². The molecular formula is C33H32F6N4PPt+. The molecule has 45 heavy (non-hydrogen) atoms. The van der Waals surface area contributed by atoms with Crippen molar-refractivity contribution >= 4 is 29.4 Å². The Morgan fingerprint density at radius 2 is 1.18 bits per heavy atom. The fraction of sp³-hybridized carbons (Fsp3) is 0.182. The molecule has 1 aliphatic heterocycles. The molecule has 0 saturated heterocycles. The Morgan fingerprint density at radius 1 is 0.667 bits per heavy atom. The second-order valence-electron chi connectivity index (χ2n) is 10.1. The van der Waals surface area contributed by atoms with Gasteiger partial charge < -0.3 is 9.80 Å². The molecule has 0 saturated carbocycles. The van der Waals surface area contributed by atoms with Crippen molar-refractivity contribution < 1.29 is 46.2 Å². The van der Waals surface area contributed by atoms with E-state index in [0.717, 1.165) is 41.1 Å². The van der Waals surface area contributed by atoms with Crippen LogP contribution < -0.4 is 0 Å². The number of nitrogens with zero attached hydrogens (tertiary/aromatic N) is 4. The van der Waals surface area contributed by atoms with Gasteiger partial charge >= 0.3 is 54.1 Å². The van der Waals surface area contributed by atoms with Crippen LogP contribution >= 0.6 is 7.81 Å². The molecule has 0 spiro atoms. The molecular weight excluding hydrogens is 792 g/mol. The molecule has 0 fully saturated rings. The van der Waals surface area contributed by atoms with Gasteiger partial charge in [-0.25, -0.2) is 0 Å². The quantitative estimate of drug-likeness (QED) is 0.0970. The molecule has 0 N–H and O–H groups in total. The van der Waals surface area contributed by atoms with Crippen LogP contribution in [0.1, 0.15) is 26.7 Å². The summed E-state index contributed by atoms with van der Waals surface area (Å²) in [7, 11) is -10.7. The molecule has 3 heterocycles. The molecule has 6 rings (SSSR count). The number of halogens is 6. The maximum Gasteiger partial charge on any atom is 4.00 e. The molecule has 1 aliphatic rings. The Bertz CT molecular complexity index is 1630. The predicted molar refractivity (Wildman–Crippen MR) is 168 cm³/mol. The van der Waals surface area contributed by atoms with Gasteiger partial charge in [0.05, 0.1) is 11.4 Å². The van der Waals surface area contributed by atoms with Crippen LogP contribution in [0.4, 0.5) is 25.2 Å². The van der Waals surface area contributed by atoms with Crippen molar-refractivity contribution in [1.82, 2.24) is 19.8 Å². The van der Waals surface area contributed by atoms with E-state index in [0.29, 0.717) is 0 Å². The summed E-state index contributed by atoms with van der Waals surface area (Å²) in [5.41, 5.74) is 3.65.